The average molecular weight is 366 g/mol. The number of aryl methyl sites for hydroxylation is 4. The van der Waals surface area contributed by atoms with E-state index in [9.17, 15) is 4.79 Å². The highest BCUT2D eigenvalue weighted by Crippen LogP contribution is 2.19. The second kappa shape index (κ2) is 7.52. The van der Waals surface area contributed by atoms with E-state index in [0.29, 0.717) is 19.4 Å². The SMILES string of the molecule is Cc1ccc2c(c1)c(CNC(=O)CCc1cc3n(n1)CCCNC3)nn2C. The Labute approximate surface area is 158 Å². The van der Waals surface area contributed by atoms with Crippen LogP contribution in [0, 0.1) is 6.92 Å². The Morgan fingerprint density at radius 3 is 3.07 bits per heavy atom. The zero-order valence-corrected chi connectivity index (χ0v) is 16.0. The number of carbonyl (C=O) groups is 1. The standard InChI is InChI=1S/C20H26N6O/c1-14-4-6-19-17(10-14)18(24-25(19)2)13-22-20(27)7-5-15-11-16-12-21-8-3-9-26(16)23-15/h4,6,10-11,21H,3,5,7-9,12-13H2,1-2H3,(H,22,27). The summed E-state index contributed by atoms with van der Waals surface area (Å²) in [6, 6.07) is 8.38. The molecule has 1 aliphatic heterocycles. The third-order valence-electron chi connectivity index (χ3n) is 5.09. The van der Waals surface area contributed by atoms with E-state index in [-0.39, 0.29) is 5.91 Å². The maximum atomic E-state index is 12.3. The molecule has 2 N–H and O–H groups in total. The third kappa shape index (κ3) is 3.88. The lowest BCUT2D eigenvalue weighted by molar-refractivity contribution is -0.121. The molecular formula is C20H26N6O. The first kappa shape index (κ1) is 17.7. The average Bonchev–Trinajstić information content (AvgIpc) is 3.10. The summed E-state index contributed by atoms with van der Waals surface area (Å²) in [6.07, 6.45) is 2.19. The number of fused-ring (bicyclic) bond motifs is 2. The summed E-state index contributed by atoms with van der Waals surface area (Å²) < 4.78 is 3.93. The molecule has 0 aliphatic carbocycles. The van der Waals surface area contributed by atoms with E-state index in [1.54, 1.807) is 0 Å². The van der Waals surface area contributed by atoms with Crippen LogP contribution in [0.3, 0.4) is 0 Å². The minimum atomic E-state index is 0.0303. The minimum Gasteiger partial charge on any atom is -0.350 e. The molecule has 3 heterocycles. The highest BCUT2D eigenvalue weighted by Gasteiger charge is 2.13. The van der Waals surface area contributed by atoms with Crippen molar-refractivity contribution in [2.75, 3.05) is 6.54 Å². The van der Waals surface area contributed by atoms with Crippen molar-refractivity contribution in [3.8, 4) is 0 Å². The van der Waals surface area contributed by atoms with Crippen LogP contribution < -0.4 is 10.6 Å². The lowest BCUT2D eigenvalue weighted by Gasteiger charge is -2.03. The van der Waals surface area contributed by atoms with Crippen molar-refractivity contribution >= 4 is 16.8 Å². The van der Waals surface area contributed by atoms with Crippen molar-refractivity contribution in [3.05, 3.63) is 46.9 Å². The Hall–Kier alpha value is -2.67. The minimum absolute atomic E-state index is 0.0303. The van der Waals surface area contributed by atoms with Gasteiger partial charge >= 0.3 is 0 Å². The van der Waals surface area contributed by atoms with Crippen LogP contribution in [-0.2, 0) is 37.9 Å². The van der Waals surface area contributed by atoms with Gasteiger partial charge in [0.25, 0.3) is 0 Å². The molecule has 1 amide bonds. The van der Waals surface area contributed by atoms with E-state index >= 15 is 0 Å². The van der Waals surface area contributed by atoms with Crippen molar-refractivity contribution in [2.45, 2.75) is 45.8 Å². The molecule has 0 fully saturated rings. The van der Waals surface area contributed by atoms with Crippen molar-refractivity contribution in [1.82, 2.24) is 30.2 Å². The van der Waals surface area contributed by atoms with Gasteiger partial charge in [-0.25, -0.2) is 0 Å². The van der Waals surface area contributed by atoms with Crippen molar-refractivity contribution in [3.63, 3.8) is 0 Å². The van der Waals surface area contributed by atoms with Crippen LogP contribution in [-0.4, -0.2) is 32.0 Å². The van der Waals surface area contributed by atoms with Gasteiger partial charge in [0.2, 0.25) is 5.91 Å². The number of aromatic nitrogens is 4. The highest BCUT2D eigenvalue weighted by atomic mass is 16.1. The van der Waals surface area contributed by atoms with Gasteiger partial charge in [0.1, 0.15) is 0 Å². The quantitative estimate of drug-likeness (QED) is 0.722. The van der Waals surface area contributed by atoms with E-state index in [4.69, 9.17) is 0 Å². The largest absolute Gasteiger partial charge is 0.350 e. The third-order valence-corrected chi connectivity index (χ3v) is 5.09. The normalized spacial score (nSPS) is 14.1. The molecule has 0 saturated carbocycles. The number of benzene rings is 1. The molecule has 0 atom stereocenters. The molecule has 142 valence electrons. The van der Waals surface area contributed by atoms with Gasteiger partial charge < -0.3 is 10.6 Å². The molecule has 1 aromatic carbocycles. The number of carbonyl (C=O) groups excluding carboxylic acids is 1. The van der Waals surface area contributed by atoms with Crippen molar-refractivity contribution < 1.29 is 4.79 Å². The zero-order valence-electron chi connectivity index (χ0n) is 16.0. The van der Waals surface area contributed by atoms with Gasteiger partial charge in [-0.1, -0.05) is 11.6 Å². The van der Waals surface area contributed by atoms with E-state index in [1.807, 2.05) is 11.7 Å². The molecule has 0 saturated heterocycles. The van der Waals surface area contributed by atoms with Crippen LogP contribution in [0.25, 0.3) is 10.9 Å². The van der Waals surface area contributed by atoms with Gasteiger partial charge in [-0.3, -0.25) is 14.2 Å². The lowest BCUT2D eigenvalue weighted by atomic mass is 10.1. The van der Waals surface area contributed by atoms with Crippen LogP contribution >= 0.6 is 0 Å². The first-order valence-electron chi connectivity index (χ1n) is 9.55. The summed E-state index contributed by atoms with van der Waals surface area (Å²) in [7, 11) is 1.93. The summed E-state index contributed by atoms with van der Waals surface area (Å²) in [5, 5.41) is 16.7. The van der Waals surface area contributed by atoms with Crippen LogP contribution in [0.5, 0.6) is 0 Å². The Bertz CT molecular complexity index is 947. The van der Waals surface area contributed by atoms with Crippen molar-refractivity contribution in [2.24, 2.45) is 7.05 Å². The molecule has 0 bridgehead atoms. The predicted octanol–water partition coefficient (Wildman–Crippen LogP) is 1.82. The lowest BCUT2D eigenvalue weighted by Crippen LogP contribution is -2.23. The Morgan fingerprint density at radius 2 is 2.19 bits per heavy atom. The molecule has 4 rings (SSSR count). The number of nitrogens with one attached hydrogen (secondary N) is 2. The number of nitrogens with zero attached hydrogens (tertiary/aromatic N) is 4. The topological polar surface area (TPSA) is 76.8 Å². The first-order chi connectivity index (χ1) is 13.1. The number of amides is 1. The smallest absolute Gasteiger partial charge is 0.220 e. The molecule has 0 radical (unpaired) electrons. The van der Waals surface area contributed by atoms with E-state index < -0.39 is 0 Å². The second-order valence-electron chi connectivity index (χ2n) is 7.25. The van der Waals surface area contributed by atoms with Crippen LogP contribution in [0.15, 0.2) is 24.3 Å². The second-order valence-corrected chi connectivity index (χ2v) is 7.25. The van der Waals surface area contributed by atoms with Crippen LogP contribution in [0.2, 0.25) is 0 Å². The summed E-state index contributed by atoms with van der Waals surface area (Å²) in [5.74, 6) is 0.0303. The summed E-state index contributed by atoms with van der Waals surface area (Å²) >= 11 is 0. The van der Waals surface area contributed by atoms with E-state index in [1.165, 1.54) is 11.3 Å². The monoisotopic (exact) mass is 366 g/mol. The molecule has 0 spiro atoms. The zero-order chi connectivity index (χ0) is 18.8. The van der Waals surface area contributed by atoms with Gasteiger partial charge in [-0.15, -0.1) is 0 Å². The molecule has 7 nitrogen and oxygen atoms in total. The molecule has 2 aromatic heterocycles. The maximum absolute atomic E-state index is 12.3. The van der Waals surface area contributed by atoms with E-state index in [0.717, 1.165) is 48.3 Å². The van der Waals surface area contributed by atoms with Gasteiger partial charge in [0.15, 0.2) is 0 Å². The molecule has 7 heteroatoms. The fourth-order valence-corrected chi connectivity index (χ4v) is 3.64. The Kier molecular flexibility index (Phi) is 4.94. The van der Waals surface area contributed by atoms with Crippen LogP contribution in [0.4, 0.5) is 0 Å². The number of rotatable bonds is 5. The molecule has 1 aliphatic rings. The van der Waals surface area contributed by atoms with Gasteiger partial charge in [0.05, 0.1) is 29.1 Å². The van der Waals surface area contributed by atoms with Crippen LogP contribution in [0.1, 0.15) is 35.5 Å². The summed E-state index contributed by atoms with van der Waals surface area (Å²) in [4.78, 5) is 12.3. The molecule has 3 aromatic rings. The Morgan fingerprint density at radius 1 is 1.30 bits per heavy atom. The Balaban J connectivity index is 1.35. The molecule has 27 heavy (non-hydrogen) atoms. The molecular weight excluding hydrogens is 340 g/mol. The maximum Gasteiger partial charge on any atom is 0.220 e. The fourth-order valence-electron chi connectivity index (χ4n) is 3.64. The molecule has 0 unspecified atom stereocenters. The number of hydrogen-bond acceptors (Lipinski definition) is 4. The van der Waals surface area contributed by atoms with Gasteiger partial charge in [-0.05, 0) is 38.1 Å². The van der Waals surface area contributed by atoms with Gasteiger partial charge in [-0.2, -0.15) is 10.2 Å². The van der Waals surface area contributed by atoms with Gasteiger partial charge in [0, 0.05) is 38.4 Å². The first-order valence-corrected chi connectivity index (χ1v) is 9.55. The summed E-state index contributed by atoms with van der Waals surface area (Å²) in [6.45, 7) is 5.34. The predicted molar refractivity (Wildman–Crippen MR) is 104 cm³/mol. The fraction of sp³-hybridized carbons (Fsp3) is 0.450. The van der Waals surface area contributed by atoms with Crippen molar-refractivity contribution in [1.29, 1.82) is 0 Å². The number of hydrogen-bond donors (Lipinski definition) is 2. The van der Waals surface area contributed by atoms with E-state index in [2.05, 4.69) is 56.7 Å². The summed E-state index contributed by atoms with van der Waals surface area (Å²) in [5.41, 5.74) is 5.38. The highest BCUT2D eigenvalue weighted by molar-refractivity contribution is 5.83.